The van der Waals surface area contributed by atoms with Crippen molar-refractivity contribution in [2.45, 2.75) is 18.3 Å². The predicted octanol–water partition coefficient (Wildman–Crippen LogP) is 5.48. The summed E-state index contributed by atoms with van der Waals surface area (Å²) >= 11 is 11.2. The van der Waals surface area contributed by atoms with Crippen LogP contribution < -0.4 is 16.4 Å². The number of benzene rings is 2. The molecule has 2 rings (SSSR count). The molecule has 0 saturated heterocycles. The lowest BCUT2D eigenvalue weighted by atomic mass is 9.96. The van der Waals surface area contributed by atoms with Gasteiger partial charge in [0.05, 0.1) is 28.1 Å². The van der Waals surface area contributed by atoms with Crippen LogP contribution in [0.2, 0.25) is 10.0 Å². The Morgan fingerprint density at radius 3 is 2.11 bits per heavy atom. The highest BCUT2D eigenvalue weighted by Crippen LogP contribution is 2.39. The molecule has 1 unspecified atom stereocenters. The fourth-order valence-corrected chi connectivity index (χ4v) is 3.28. The summed E-state index contributed by atoms with van der Waals surface area (Å²) in [4.78, 5) is 23.5. The zero-order valence-electron chi connectivity index (χ0n) is 17.3. The average molecular weight is 546 g/mol. The fourth-order valence-electron chi connectivity index (χ4n) is 2.78. The molecule has 14 heteroatoms. The number of hydrogen-bond donors (Lipinski definition) is 3. The van der Waals surface area contributed by atoms with E-state index >= 15 is 0 Å². The maximum absolute atomic E-state index is 13.6. The van der Waals surface area contributed by atoms with Crippen molar-refractivity contribution in [2.75, 3.05) is 18.8 Å². The van der Waals surface area contributed by atoms with Gasteiger partial charge in [0, 0.05) is 5.69 Å². The van der Waals surface area contributed by atoms with Gasteiger partial charge in [0.2, 0.25) is 5.91 Å². The first kappa shape index (κ1) is 28.2. The molecule has 1 atom stereocenters. The molecular weight excluding hydrogens is 530 g/mol. The highest BCUT2D eigenvalue weighted by molar-refractivity contribution is 6.35. The number of rotatable bonds is 7. The van der Waals surface area contributed by atoms with Gasteiger partial charge in [-0.2, -0.15) is 26.3 Å². The van der Waals surface area contributed by atoms with Crippen LogP contribution >= 0.6 is 23.2 Å². The number of nitrogens with one attached hydrogen (secondary N) is 2. The number of carbonyl (C=O) groups excluding carboxylic acids is 2. The minimum absolute atomic E-state index is 0.157. The van der Waals surface area contributed by atoms with Gasteiger partial charge in [0.1, 0.15) is 6.54 Å². The Bertz CT molecular complexity index is 1110. The number of alkyl halides is 6. The zero-order chi connectivity index (χ0) is 26.6. The van der Waals surface area contributed by atoms with Gasteiger partial charge in [0.15, 0.2) is 5.82 Å². The molecule has 0 radical (unpaired) electrons. The summed E-state index contributed by atoms with van der Waals surface area (Å²) in [5.74, 6) is -5.23. The third-order valence-corrected chi connectivity index (χ3v) is 4.96. The molecule has 190 valence electrons. The van der Waals surface area contributed by atoms with E-state index in [2.05, 4.69) is 5.32 Å². The summed E-state index contributed by atoms with van der Waals surface area (Å²) in [7, 11) is 0. The van der Waals surface area contributed by atoms with Crippen LogP contribution in [0.3, 0.4) is 0 Å². The maximum atomic E-state index is 13.6. The molecule has 0 bridgehead atoms. The molecule has 0 aliphatic heterocycles. The summed E-state index contributed by atoms with van der Waals surface area (Å²) in [5, 5.41) is 2.49. The van der Waals surface area contributed by atoms with Crippen molar-refractivity contribution in [3.8, 4) is 0 Å². The van der Waals surface area contributed by atoms with Crippen LogP contribution in [-0.2, 0) is 4.79 Å². The third-order valence-electron chi connectivity index (χ3n) is 4.41. The van der Waals surface area contributed by atoms with Crippen molar-refractivity contribution in [3.05, 3.63) is 69.0 Å². The van der Waals surface area contributed by atoms with Crippen molar-refractivity contribution in [1.29, 1.82) is 0 Å². The quantitative estimate of drug-likeness (QED) is 0.244. The van der Waals surface area contributed by atoms with Gasteiger partial charge < -0.3 is 16.4 Å². The standard InChI is InChI=1S/C21H16Cl2F7N3O2/c22-14-6-11(7-15(23)18(14)24)13(21(28,29)30)4-2-10-1-3-12(16(31)5-10)19(35)32-8-17(34)33-9-20(25,26)27/h1-7,13H,8-9,31H2,(H,32,35)(H,33,34)/b4-2+. The summed E-state index contributed by atoms with van der Waals surface area (Å²) in [5.41, 5.74) is 5.19. The van der Waals surface area contributed by atoms with Gasteiger partial charge in [-0.25, -0.2) is 4.39 Å². The molecule has 2 aromatic rings. The van der Waals surface area contributed by atoms with Gasteiger partial charge in [-0.3, -0.25) is 9.59 Å². The summed E-state index contributed by atoms with van der Waals surface area (Å²) in [6, 6.07) is 5.19. The van der Waals surface area contributed by atoms with E-state index in [1.165, 1.54) is 12.1 Å². The Morgan fingerprint density at radius 1 is 1.00 bits per heavy atom. The van der Waals surface area contributed by atoms with Crippen molar-refractivity contribution >= 4 is 46.8 Å². The molecule has 0 spiro atoms. The van der Waals surface area contributed by atoms with Gasteiger partial charge >= 0.3 is 12.4 Å². The first-order valence-corrected chi connectivity index (χ1v) is 10.2. The molecule has 0 fully saturated rings. The van der Waals surface area contributed by atoms with E-state index in [1.54, 1.807) is 5.32 Å². The van der Waals surface area contributed by atoms with Crippen LogP contribution in [0.5, 0.6) is 0 Å². The Labute approximate surface area is 204 Å². The first-order valence-electron chi connectivity index (χ1n) is 9.49. The molecule has 2 amide bonds. The number of nitrogen functional groups attached to an aromatic ring is 1. The van der Waals surface area contributed by atoms with Crippen LogP contribution in [-0.4, -0.2) is 37.3 Å². The number of amides is 2. The van der Waals surface area contributed by atoms with Crippen LogP contribution in [0.25, 0.3) is 6.08 Å². The molecule has 4 N–H and O–H groups in total. The fraction of sp³-hybridized carbons (Fsp3) is 0.238. The Kier molecular flexibility index (Phi) is 9.01. The lowest BCUT2D eigenvalue weighted by molar-refractivity contribution is -0.139. The zero-order valence-corrected chi connectivity index (χ0v) is 18.8. The highest BCUT2D eigenvalue weighted by Gasteiger charge is 2.39. The molecule has 35 heavy (non-hydrogen) atoms. The first-order chi connectivity index (χ1) is 16.1. The Balaban J connectivity index is 2.15. The van der Waals surface area contributed by atoms with Crippen LogP contribution in [0.1, 0.15) is 27.4 Å². The normalized spacial score (nSPS) is 13.1. The maximum Gasteiger partial charge on any atom is 0.405 e. The van der Waals surface area contributed by atoms with E-state index in [4.69, 9.17) is 28.9 Å². The van der Waals surface area contributed by atoms with E-state index in [9.17, 15) is 40.3 Å². The molecule has 0 aromatic heterocycles. The van der Waals surface area contributed by atoms with Gasteiger partial charge in [-0.05, 0) is 35.4 Å². The topological polar surface area (TPSA) is 84.2 Å². The second-order valence-corrected chi connectivity index (χ2v) is 7.91. The Morgan fingerprint density at radius 2 is 1.60 bits per heavy atom. The SMILES string of the molecule is Nc1cc(/C=C/C(c2cc(Cl)c(F)c(Cl)c2)C(F)(F)F)ccc1C(=O)NCC(=O)NCC(F)(F)F. The average Bonchev–Trinajstić information content (AvgIpc) is 2.73. The van der Waals surface area contributed by atoms with Crippen molar-refractivity contribution < 1.29 is 40.3 Å². The molecule has 0 aliphatic rings. The predicted molar refractivity (Wildman–Crippen MR) is 117 cm³/mol. The lowest BCUT2D eigenvalue weighted by Gasteiger charge is -2.18. The second-order valence-electron chi connectivity index (χ2n) is 7.10. The highest BCUT2D eigenvalue weighted by atomic mass is 35.5. The molecule has 5 nitrogen and oxygen atoms in total. The Hall–Kier alpha value is -2.99. The van der Waals surface area contributed by atoms with Crippen molar-refractivity contribution in [3.63, 3.8) is 0 Å². The van der Waals surface area contributed by atoms with Crippen molar-refractivity contribution in [1.82, 2.24) is 10.6 Å². The van der Waals surface area contributed by atoms with Crippen LogP contribution in [0, 0.1) is 5.82 Å². The smallest absolute Gasteiger partial charge is 0.398 e. The molecule has 2 aromatic carbocycles. The van der Waals surface area contributed by atoms with Gasteiger partial charge in [-0.1, -0.05) is 41.4 Å². The summed E-state index contributed by atoms with van der Waals surface area (Å²) in [6.45, 7) is -2.33. The number of nitrogens with two attached hydrogens (primary N) is 1. The largest absolute Gasteiger partial charge is 0.405 e. The van der Waals surface area contributed by atoms with Gasteiger partial charge in [-0.15, -0.1) is 0 Å². The van der Waals surface area contributed by atoms with E-state index in [-0.39, 0.29) is 16.8 Å². The van der Waals surface area contributed by atoms with E-state index < -0.39 is 64.6 Å². The van der Waals surface area contributed by atoms with E-state index in [1.807, 2.05) is 0 Å². The monoisotopic (exact) mass is 545 g/mol. The molecule has 0 heterocycles. The lowest BCUT2D eigenvalue weighted by Crippen LogP contribution is -2.41. The second kappa shape index (κ2) is 11.2. The van der Waals surface area contributed by atoms with E-state index in [0.717, 1.165) is 30.4 Å². The van der Waals surface area contributed by atoms with Gasteiger partial charge in [0.25, 0.3) is 5.91 Å². The van der Waals surface area contributed by atoms with Crippen molar-refractivity contribution in [2.24, 2.45) is 0 Å². The number of anilines is 1. The third kappa shape index (κ3) is 8.32. The van der Waals surface area contributed by atoms with Crippen LogP contribution in [0.4, 0.5) is 36.4 Å². The van der Waals surface area contributed by atoms with E-state index in [0.29, 0.717) is 0 Å². The number of carbonyl (C=O) groups is 2. The van der Waals surface area contributed by atoms with Crippen LogP contribution in [0.15, 0.2) is 36.4 Å². The molecular formula is C21H16Cl2F7N3O2. The minimum Gasteiger partial charge on any atom is -0.398 e. The minimum atomic E-state index is -4.78. The molecule has 0 saturated carbocycles. The summed E-state index contributed by atoms with van der Waals surface area (Å²) in [6.07, 6.45) is -7.57. The number of allylic oxidation sites excluding steroid dienone is 1. The summed E-state index contributed by atoms with van der Waals surface area (Å²) < 4.78 is 90.6. The molecule has 0 aliphatic carbocycles. The number of hydrogen-bond acceptors (Lipinski definition) is 3. The number of halogens is 9.